The van der Waals surface area contributed by atoms with E-state index >= 15 is 0 Å². The van der Waals surface area contributed by atoms with Crippen LogP contribution < -0.4 is 5.32 Å². The largest absolute Gasteiger partial charge is 0.370 e. The van der Waals surface area contributed by atoms with Crippen molar-refractivity contribution < 1.29 is 9.53 Å². The van der Waals surface area contributed by atoms with Gasteiger partial charge in [-0.1, -0.05) is 18.6 Å². The van der Waals surface area contributed by atoms with Gasteiger partial charge in [-0.05, 0) is 38.7 Å². The minimum absolute atomic E-state index is 0.0378. The first-order chi connectivity index (χ1) is 13.0. The molecule has 3 aliphatic rings. The van der Waals surface area contributed by atoms with Crippen LogP contribution in [0.25, 0.3) is 0 Å². The topological polar surface area (TPSA) is 59.4 Å². The van der Waals surface area contributed by atoms with Crippen molar-refractivity contribution in [3.63, 3.8) is 0 Å². The number of rotatable bonds is 7. The van der Waals surface area contributed by atoms with Gasteiger partial charge in [0, 0.05) is 51.3 Å². The number of ether oxygens (including phenoxy) is 1. The molecule has 3 aliphatic heterocycles. The van der Waals surface area contributed by atoms with Gasteiger partial charge in [0.1, 0.15) is 5.69 Å². The van der Waals surface area contributed by atoms with Gasteiger partial charge in [-0.15, -0.1) is 0 Å². The summed E-state index contributed by atoms with van der Waals surface area (Å²) < 4.78 is 8.12. The highest BCUT2D eigenvalue weighted by Gasteiger charge is 2.62. The molecule has 6 nitrogen and oxygen atoms in total. The summed E-state index contributed by atoms with van der Waals surface area (Å²) in [4.78, 5) is 15.0. The van der Waals surface area contributed by atoms with Crippen molar-refractivity contribution in [2.45, 2.75) is 51.2 Å². The number of aromatic nitrogens is 2. The molecule has 0 saturated carbocycles. The monoisotopic (exact) mass is 372 g/mol. The highest BCUT2D eigenvalue weighted by molar-refractivity contribution is 5.92. The highest BCUT2D eigenvalue weighted by Crippen LogP contribution is 2.54. The molecular weight excluding hydrogens is 340 g/mol. The van der Waals surface area contributed by atoms with Gasteiger partial charge in [-0.3, -0.25) is 14.4 Å². The van der Waals surface area contributed by atoms with Crippen LogP contribution >= 0.6 is 0 Å². The zero-order valence-electron chi connectivity index (χ0n) is 16.8. The Bertz CT molecular complexity index is 728. The molecule has 148 valence electrons. The summed E-state index contributed by atoms with van der Waals surface area (Å²) in [5.41, 5.74) is 2.12. The molecule has 0 unspecified atom stereocenters. The highest BCUT2D eigenvalue weighted by atomic mass is 16.5. The standard InChI is InChI=1S/C21H32N4O2/c1-4-15(2)6-5-11-25-13-17-16(19-7-9-21(17,14-25)27-19)12-22-20(26)18-8-10-23-24(18)3/h6,8,10,16-17,19H,4-5,7,9,11-14H2,1-3H3,(H,22,26)/t16-,17+,19+,21+/m0/s1. The first kappa shape index (κ1) is 18.7. The van der Waals surface area contributed by atoms with E-state index in [4.69, 9.17) is 4.74 Å². The van der Waals surface area contributed by atoms with Crippen LogP contribution in [0.1, 0.15) is 50.0 Å². The van der Waals surface area contributed by atoms with E-state index in [2.05, 4.69) is 35.2 Å². The molecule has 1 amide bonds. The molecule has 2 bridgehead atoms. The Morgan fingerprint density at radius 3 is 3.11 bits per heavy atom. The van der Waals surface area contributed by atoms with Crippen molar-refractivity contribution in [2.75, 3.05) is 26.2 Å². The van der Waals surface area contributed by atoms with Crippen molar-refractivity contribution in [1.29, 1.82) is 0 Å². The summed E-state index contributed by atoms with van der Waals surface area (Å²) in [6.07, 6.45) is 8.90. The van der Waals surface area contributed by atoms with Gasteiger partial charge in [0.25, 0.3) is 5.91 Å². The Morgan fingerprint density at radius 2 is 2.37 bits per heavy atom. The second-order valence-corrected chi connectivity index (χ2v) is 8.51. The molecule has 0 radical (unpaired) electrons. The Balaban J connectivity index is 1.35. The molecule has 4 rings (SSSR count). The first-order valence-electron chi connectivity index (χ1n) is 10.3. The lowest BCUT2D eigenvalue weighted by atomic mass is 9.73. The quantitative estimate of drug-likeness (QED) is 0.747. The van der Waals surface area contributed by atoms with Crippen LogP contribution in [0.15, 0.2) is 23.9 Å². The summed E-state index contributed by atoms with van der Waals surface area (Å²) >= 11 is 0. The van der Waals surface area contributed by atoms with Gasteiger partial charge in [-0.25, -0.2) is 0 Å². The number of likely N-dealkylation sites (tertiary alicyclic amines) is 1. The van der Waals surface area contributed by atoms with Gasteiger partial charge < -0.3 is 10.1 Å². The Labute approximate surface area is 161 Å². The summed E-state index contributed by atoms with van der Waals surface area (Å²) in [6, 6.07) is 1.76. The van der Waals surface area contributed by atoms with Crippen molar-refractivity contribution in [3.05, 3.63) is 29.6 Å². The number of nitrogens with zero attached hydrogens (tertiary/aromatic N) is 3. The van der Waals surface area contributed by atoms with Crippen LogP contribution in [0.4, 0.5) is 0 Å². The van der Waals surface area contributed by atoms with Gasteiger partial charge in [0.15, 0.2) is 0 Å². The number of carbonyl (C=O) groups is 1. The first-order valence-corrected chi connectivity index (χ1v) is 10.3. The maximum atomic E-state index is 12.4. The minimum Gasteiger partial charge on any atom is -0.370 e. The molecule has 1 N–H and O–H groups in total. The fourth-order valence-corrected chi connectivity index (χ4v) is 5.27. The van der Waals surface area contributed by atoms with Crippen LogP contribution in [-0.2, 0) is 11.8 Å². The molecule has 27 heavy (non-hydrogen) atoms. The van der Waals surface area contributed by atoms with Crippen molar-refractivity contribution >= 4 is 5.91 Å². The molecule has 1 spiro atoms. The van der Waals surface area contributed by atoms with E-state index in [0.717, 1.165) is 38.9 Å². The third-order valence-electron chi connectivity index (χ3n) is 6.90. The summed E-state index contributed by atoms with van der Waals surface area (Å²) in [7, 11) is 1.80. The fraction of sp³-hybridized carbons (Fsp3) is 0.714. The lowest BCUT2D eigenvalue weighted by Gasteiger charge is -2.29. The molecule has 4 heterocycles. The predicted octanol–water partition coefficient (Wildman–Crippen LogP) is 2.38. The number of hydrogen-bond donors (Lipinski definition) is 1. The molecule has 6 heteroatoms. The van der Waals surface area contributed by atoms with E-state index in [1.54, 1.807) is 24.0 Å². The molecular formula is C21H32N4O2. The summed E-state index contributed by atoms with van der Waals surface area (Å²) in [5, 5.41) is 7.22. The molecule has 1 aromatic rings. The Hall–Kier alpha value is -1.66. The van der Waals surface area contributed by atoms with E-state index in [1.807, 2.05) is 0 Å². The van der Waals surface area contributed by atoms with Crippen molar-refractivity contribution in [2.24, 2.45) is 18.9 Å². The van der Waals surface area contributed by atoms with Gasteiger partial charge >= 0.3 is 0 Å². The molecule has 4 atom stereocenters. The predicted molar refractivity (Wildman–Crippen MR) is 104 cm³/mol. The van der Waals surface area contributed by atoms with Crippen molar-refractivity contribution in [3.8, 4) is 0 Å². The zero-order chi connectivity index (χ0) is 19.0. The maximum Gasteiger partial charge on any atom is 0.269 e. The third-order valence-corrected chi connectivity index (χ3v) is 6.90. The molecule has 0 aromatic carbocycles. The van der Waals surface area contributed by atoms with E-state index in [-0.39, 0.29) is 11.5 Å². The van der Waals surface area contributed by atoms with Gasteiger partial charge in [0.05, 0.1) is 11.7 Å². The normalized spacial score (nSPS) is 32.9. The molecule has 1 aromatic heterocycles. The number of allylic oxidation sites excluding steroid dienone is 1. The lowest BCUT2D eigenvalue weighted by Crippen LogP contribution is -2.42. The minimum atomic E-state index is -0.0399. The van der Waals surface area contributed by atoms with E-state index in [0.29, 0.717) is 30.2 Å². The Morgan fingerprint density at radius 1 is 1.52 bits per heavy atom. The summed E-state index contributed by atoms with van der Waals surface area (Å²) in [5.74, 6) is 0.926. The SMILES string of the molecule is CCC(C)=CCCN1C[C@@H]2[C@H](CNC(=O)c3ccnn3C)[C@H]3CC[C@]2(C1)O3. The third kappa shape index (κ3) is 3.45. The van der Waals surface area contributed by atoms with Crippen LogP contribution in [0.3, 0.4) is 0 Å². The van der Waals surface area contributed by atoms with E-state index in [9.17, 15) is 4.79 Å². The number of carbonyl (C=O) groups excluding carboxylic acids is 1. The van der Waals surface area contributed by atoms with Crippen LogP contribution in [-0.4, -0.2) is 58.5 Å². The number of nitrogens with one attached hydrogen (secondary N) is 1. The van der Waals surface area contributed by atoms with Crippen molar-refractivity contribution in [1.82, 2.24) is 20.0 Å². The maximum absolute atomic E-state index is 12.4. The second-order valence-electron chi connectivity index (χ2n) is 8.51. The van der Waals surface area contributed by atoms with E-state index < -0.39 is 0 Å². The number of fused-ring (bicyclic) bond motifs is 1. The summed E-state index contributed by atoms with van der Waals surface area (Å²) in [6.45, 7) is 8.38. The molecule has 3 fully saturated rings. The fourth-order valence-electron chi connectivity index (χ4n) is 5.27. The number of hydrogen-bond acceptors (Lipinski definition) is 4. The van der Waals surface area contributed by atoms with Gasteiger partial charge in [0.2, 0.25) is 0 Å². The smallest absolute Gasteiger partial charge is 0.269 e. The zero-order valence-corrected chi connectivity index (χ0v) is 16.8. The average Bonchev–Trinajstić information content (AvgIpc) is 3.39. The van der Waals surface area contributed by atoms with Crippen LogP contribution in [0.5, 0.6) is 0 Å². The van der Waals surface area contributed by atoms with E-state index in [1.165, 1.54) is 12.0 Å². The Kier molecular flexibility index (Phi) is 5.12. The molecule has 3 saturated heterocycles. The van der Waals surface area contributed by atoms with Gasteiger partial charge in [-0.2, -0.15) is 5.10 Å². The molecule has 0 aliphatic carbocycles. The number of aryl methyl sites for hydroxylation is 1. The average molecular weight is 373 g/mol. The van der Waals surface area contributed by atoms with Crippen LogP contribution in [0, 0.1) is 11.8 Å². The lowest BCUT2D eigenvalue weighted by molar-refractivity contribution is 0.00290. The van der Waals surface area contributed by atoms with Crippen LogP contribution in [0.2, 0.25) is 0 Å². The second kappa shape index (κ2) is 7.40. The number of amides is 1.